The van der Waals surface area contributed by atoms with Crippen LogP contribution >= 0.6 is 0 Å². The van der Waals surface area contributed by atoms with E-state index in [1.165, 1.54) is 20.3 Å². The van der Waals surface area contributed by atoms with Gasteiger partial charge in [0.05, 0.1) is 43.9 Å². The number of aromatic amines is 1. The second-order valence-corrected chi connectivity index (χ2v) is 19.7. The number of methoxy groups -OCH3 is 2. The number of alkyl halides is 2. The molecule has 6 atom stereocenters. The molecule has 1 spiro atoms. The summed E-state index contributed by atoms with van der Waals surface area (Å²) in [5.74, 6) is -3.05. The molecule has 4 fully saturated rings. The van der Waals surface area contributed by atoms with Gasteiger partial charge in [0, 0.05) is 41.4 Å². The second kappa shape index (κ2) is 15.8. The molecule has 3 aromatic carbocycles. The Morgan fingerprint density at radius 2 is 1.43 bits per heavy atom. The highest BCUT2D eigenvalue weighted by molar-refractivity contribution is 6.02. The third-order valence-electron chi connectivity index (χ3n) is 15.0. The number of imidazole rings is 1. The standard InChI is InChI=1S/C50H55F2N7O6/c1-25(2)41(56-47(62)64-5)45(60)58-24-49(15-16-49)22-40(58)44-53-23-39(55-44)29-9-13-34-33-12-8-28(19-35(33)50(51,52)36(34)20-29)27-10-14-37-31(17-27)21-38(54-37)43-30-7-11-32(18-30)59(43)46(61)42(26(3)4)57-48(63)65-6/h8-10,12-14,17,19-20,23,25-26,30,32,40-43H,7,11,15-16,18,21-22,24H2,1-6H3,(H,53,55)(H,56,62)(H,57,63)/t30-,32+,40-,41-,42-,43-/m0/s1. The van der Waals surface area contributed by atoms with Crippen LogP contribution < -0.4 is 10.6 Å². The molecule has 2 bridgehead atoms. The lowest BCUT2D eigenvalue weighted by Gasteiger charge is -2.38. The van der Waals surface area contributed by atoms with Crippen LogP contribution in [0.1, 0.15) is 94.8 Å². The molecule has 3 aliphatic heterocycles. The quantitative estimate of drug-likeness (QED) is 0.144. The van der Waals surface area contributed by atoms with Gasteiger partial charge in [0.25, 0.3) is 5.92 Å². The zero-order valence-corrected chi connectivity index (χ0v) is 37.5. The number of carbonyl (C=O) groups is 4. The molecule has 0 radical (unpaired) electrons. The van der Waals surface area contributed by atoms with E-state index >= 15 is 8.78 Å². The molecule has 3 N–H and O–H groups in total. The minimum atomic E-state index is -3.27. The van der Waals surface area contributed by atoms with E-state index in [1.807, 2.05) is 62.9 Å². The fourth-order valence-corrected chi connectivity index (χ4v) is 11.3. The molecule has 10 rings (SSSR count). The minimum absolute atomic E-state index is 0.0136. The predicted octanol–water partition coefficient (Wildman–Crippen LogP) is 8.69. The van der Waals surface area contributed by atoms with Crippen LogP contribution in [0.5, 0.6) is 0 Å². The summed E-state index contributed by atoms with van der Waals surface area (Å²) in [6.07, 6.45) is 6.44. The number of ether oxygens (including phenoxy) is 2. The number of alkyl carbamates (subject to hydrolysis) is 2. The van der Waals surface area contributed by atoms with Crippen LogP contribution in [0.15, 0.2) is 65.8 Å². The van der Waals surface area contributed by atoms with Gasteiger partial charge in [0.2, 0.25) is 11.8 Å². The van der Waals surface area contributed by atoms with Crippen molar-refractivity contribution in [3.05, 3.63) is 83.3 Å². The van der Waals surface area contributed by atoms with Crippen LogP contribution in [0.25, 0.3) is 33.5 Å². The highest BCUT2D eigenvalue weighted by atomic mass is 19.3. The Hall–Kier alpha value is -6.12. The lowest BCUT2D eigenvalue weighted by molar-refractivity contribution is -0.137. The van der Waals surface area contributed by atoms with E-state index in [-0.39, 0.29) is 64.2 Å². The van der Waals surface area contributed by atoms with Gasteiger partial charge in [0.15, 0.2) is 0 Å². The molecule has 3 aliphatic carbocycles. The first-order chi connectivity index (χ1) is 31.1. The monoisotopic (exact) mass is 887 g/mol. The first-order valence-corrected chi connectivity index (χ1v) is 22.8. The van der Waals surface area contributed by atoms with E-state index in [9.17, 15) is 19.2 Å². The van der Waals surface area contributed by atoms with Crippen LogP contribution in [0.4, 0.5) is 24.1 Å². The van der Waals surface area contributed by atoms with Crippen LogP contribution in [0, 0.1) is 23.2 Å². The van der Waals surface area contributed by atoms with Crippen molar-refractivity contribution in [1.82, 2.24) is 30.4 Å². The maximum Gasteiger partial charge on any atom is 0.407 e. The number of rotatable bonds is 10. The molecular weight excluding hydrogens is 833 g/mol. The van der Waals surface area contributed by atoms with E-state index in [4.69, 9.17) is 19.5 Å². The van der Waals surface area contributed by atoms with E-state index in [1.54, 1.807) is 29.3 Å². The van der Waals surface area contributed by atoms with Crippen molar-refractivity contribution >= 4 is 35.4 Å². The van der Waals surface area contributed by atoms with Gasteiger partial charge in [0.1, 0.15) is 17.9 Å². The number of hydrogen-bond acceptors (Lipinski definition) is 8. The number of amides is 4. The summed E-state index contributed by atoms with van der Waals surface area (Å²) in [4.78, 5) is 69.3. The van der Waals surface area contributed by atoms with Crippen LogP contribution in [0.3, 0.4) is 0 Å². The number of aromatic nitrogens is 2. The number of nitrogens with zero attached hydrogens (tertiary/aromatic N) is 4. The molecular formula is C50H55F2N7O6. The summed E-state index contributed by atoms with van der Waals surface area (Å²) in [5.41, 5.74) is 6.14. The SMILES string of the molecule is COC(=O)N[C@H](C(=O)N1CC2(CC2)C[C@H]1c1ncc(-c2ccc3c(c2)C(F)(F)c2cc(-c4ccc5c(c4)CC([C@@H]4[C@H]6CC[C@H](C6)N4C(=O)[C@@H](NC(=O)OC)C(C)C)=N5)ccc2-3)[nH]1)C(C)C. The van der Waals surface area contributed by atoms with Crippen molar-refractivity contribution in [1.29, 1.82) is 0 Å². The lowest BCUT2D eigenvalue weighted by atomic mass is 9.90. The molecule has 2 saturated heterocycles. The lowest BCUT2D eigenvalue weighted by Crippen LogP contribution is -2.57. The number of likely N-dealkylation sites (tertiary alicyclic amines) is 2. The van der Waals surface area contributed by atoms with Crippen molar-refractivity contribution in [2.75, 3.05) is 20.8 Å². The fourth-order valence-electron chi connectivity index (χ4n) is 11.3. The van der Waals surface area contributed by atoms with E-state index in [0.29, 0.717) is 46.7 Å². The fraction of sp³-hybridized carbons (Fsp3) is 0.480. The van der Waals surface area contributed by atoms with Crippen molar-refractivity contribution in [2.45, 2.75) is 109 Å². The molecule has 15 heteroatoms. The number of benzene rings is 3. The van der Waals surface area contributed by atoms with Gasteiger partial charge in [-0.2, -0.15) is 8.78 Å². The smallest absolute Gasteiger partial charge is 0.407 e. The molecule has 4 aromatic rings. The Morgan fingerprint density at radius 1 is 0.815 bits per heavy atom. The third kappa shape index (κ3) is 7.25. The number of nitrogens with one attached hydrogen (secondary N) is 3. The summed E-state index contributed by atoms with van der Waals surface area (Å²) in [6.45, 7) is 8.12. The normalized spacial score (nSPS) is 23.6. The average molecular weight is 888 g/mol. The summed E-state index contributed by atoms with van der Waals surface area (Å²) < 4.78 is 43.0. The zero-order valence-electron chi connectivity index (χ0n) is 37.5. The third-order valence-corrected chi connectivity index (χ3v) is 15.0. The molecule has 65 heavy (non-hydrogen) atoms. The maximum absolute atomic E-state index is 16.7. The largest absolute Gasteiger partial charge is 0.453 e. The minimum Gasteiger partial charge on any atom is -0.453 e. The van der Waals surface area contributed by atoms with Crippen LogP contribution in [-0.2, 0) is 31.4 Å². The Bertz CT molecular complexity index is 2650. The number of piperidine rings is 1. The molecule has 2 saturated carbocycles. The summed E-state index contributed by atoms with van der Waals surface area (Å²) >= 11 is 0. The first-order valence-electron chi connectivity index (χ1n) is 22.8. The average Bonchev–Trinajstić information content (AvgIpc) is 3.95. The Labute approximate surface area is 376 Å². The van der Waals surface area contributed by atoms with Crippen molar-refractivity contribution < 1.29 is 37.4 Å². The summed E-state index contributed by atoms with van der Waals surface area (Å²) in [7, 11) is 2.56. The van der Waals surface area contributed by atoms with Crippen molar-refractivity contribution in [2.24, 2.45) is 28.2 Å². The number of H-pyrrole nitrogens is 1. The van der Waals surface area contributed by atoms with Gasteiger partial charge in [-0.3, -0.25) is 14.6 Å². The van der Waals surface area contributed by atoms with Crippen LogP contribution in [0.2, 0.25) is 0 Å². The van der Waals surface area contributed by atoms with Gasteiger partial charge in [-0.25, -0.2) is 14.6 Å². The topological polar surface area (TPSA) is 158 Å². The van der Waals surface area contributed by atoms with Crippen LogP contribution in [-0.4, -0.2) is 94.4 Å². The highest BCUT2D eigenvalue weighted by Crippen LogP contribution is 2.59. The Balaban J connectivity index is 0.870. The molecule has 340 valence electrons. The predicted molar refractivity (Wildman–Crippen MR) is 240 cm³/mol. The van der Waals surface area contributed by atoms with Crippen molar-refractivity contribution in [3.8, 4) is 33.5 Å². The highest BCUT2D eigenvalue weighted by Gasteiger charge is 2.56. The summed E-state index contributed by atoms with van der Waals surface area (Å²) in [6, 6.07) is 14.3. The van der Waals surface area contributed by atoms with Gasteiger partial charge in [-0.15, -0.1) is 0 Å². The molecule has 4 amide bonds. The second-order valence-electron chi connectivity index (χ2n) is 19.7. The number of aliphatic imine (C=N–C) groups is 1. The van der Waals surface area contributed by atoms with Gasteiger partial charge >= 0.3 is 12.2 Å². The van der Waals surface area contributed by atoms with Gasteiger partial charge in [-0.1, -0.05) is 58.0 Å². The Kier molecular flexibility index (Phi) is 10.4. The molecule has 6 aliphatic rings. The van der Waals surface area contributed by atoms with E-state index in [2.05, 4.69) is 15.6 Å². The Morgan fingerprint density at radius 3 is 2.08 bits per heavy atom. The maximum atomic E-state index is 16.7. The van der Waals surface area contributed by atoms with Gasteiger partial charge in [-0.05, 0) is 114 Å². The number of carbonyl (C=O) groups excluding carboxylic acids is 4. The molecule has 4 heterocycles. The first kappa shape index (κ1) is 42.8. The molecule has 1 aromatic heterocycles. The van der Waals surface area contributed by atoms with Gasteiger partial charge < -0.3 is 34.9 Å². The molecule has 13 nitrogen and oxygen atoms in total. The molecule has 0 unspecified atom stereocenters. The van der Waals surface area contributed by atoms with E-state index < -0.39 is 30.2 Å². The summed E-state index contributed by atoms with van der Waals surface area (Å²) in [5, 5.41) is 5.46. The number of halogens is 2. The number of hydrogen-bond donors (Lipinski definition) is 3. The van der Waals surface area contributed by atoms with Crippen molar-refractivity contribution in [3.63, 3.8) is 0 Å². The number of fused-ring (bicyclic) bond motifs is 6. The van der Waals surface area contributed by atoms with E-state index in [0.717, 1.165) is 61.1 Å². The zero-order chi connectivity index (χ0) is 45.7.